The average molecular weight is 384 g/mol. The maximum atomic E-state index is 13.0. The van der Waals surface area contributed by atoms with Crippen LogP contribution in [0.5, 0.6) is 0 Å². The number of aromatic nitrogens is 2. The number of amides is 1. The summed E-state index contributed by atoms with van der Waals surface area (Å²) in [6, 6.07) is 17.2. The van der Waals surface area contributed by atoms with E-state index in [-0.39, 0.29) is 11.9 Å². The highest BCUT2D eigenvalue weighted by Gasteiger charge is 2.22. The second-order valence-corrected chi connectivity index (χ2v) is 7.07. The largest absolute Gasteiger partial charge is 0.333 e. The molecule has 0 unspecified atom stereocenters. The molecule has 0 aliphatic rings. The van der Waals surface area contributed by atoms with Gasteiger partial charge in [-0.05, 0) is 56.2 Å². The summed E-state index contributed by atoms with van der Waals surface area (Å²) >= 11 is 0. The van der Waals surface area contributed by atoms with Gasteiger partial charge in [0.2, 0.25) is 0 Å². The van der Waals surface area contributed by atoms with Gasteiger partial charge in [0, 0.05) is 24.4 Å². The van der Waals surface area contributed by atoms with E-state index in [2.05, 4.69) is 16.0 Å². The number of aryl methyl sites for hydroxylation is 2. The zero-order valence-electron chi connectivity index (χ0n) is 17.2. The molecule has 0 saturated heterocycles. The Labute approximate surface area is 171 Å². The molecule has 29 heavy (non-hydrogen) atoms. The van der Waals surface area contributed by atoms with E-state index in [0.29, 0.717) is 16.8 Å². The molecule has 5 nitrogen and oxygen atoms in total. The Bertz CT molecular complexity index is 1030. The maximum Gasteiger partial charge on any atom is 0.254 e. The molecular formula is C24H24N4O. The summed E-state index contributed by atoms with van der Waals surface area (Å²) in [6.07, 6.45) is 2.53. The Hall–Kier alpha value is -3.52. The first-order valence-corrected chi connectivity index (χ1v) is 9.63. The summed E-state index contributed by atoms with van der Waals surface area (Å²) in [7, 11) is 1.81. The van der Waals surface area contributed by atoms with Gasteiger partial charge in [0.1, 0.15) is 6.07 Å². The van der Waals surface area contributed by atoms with Crippen molar-refractivity contribution in [2.24, 2.45) is 0 Å². The number of carbonyl (C=O) groups excluding carboxylic acids is 1. The lowest BCUT2D eigenvalue weighted by atomic mass is 10.0. The van der Waals surface area contributed by atoms with Crippen molar-refractivity contribution in [2.45, 2.75) is 33.2 Å². The summed E-state index contributed by atoms with van der Waals surface area (Å²) < 4.78 is 0. The van der Waals surface area contributed by atoms with E-state index in [4.69, 9.17) is 0 Å². The van der Waals surface area contributed by atoms with E-state index in [9.17, 15) is 10.1 Å². The molecule has 0 aliphatic heterocycles. The molecule has 0 radical (unpaired) electrons. The van der Waals surface area contributed by atoms with Gasteiger partial charge < -0.3 is 4.90 Å². The zero-order valence-corrected chi connectivity index (χ0v) is 17.2. The first kappa shape index (κ1) is 20.2. The summed E-state index contributed by atoms with van der Waals surface area (Å²) in [4.78, 5) is 23.7. The fourth-order valence-corrected chi connectivity index (χ4v) is 3.53. The first-order valence-electron chi connectivity index (χ1n) is 9.63. The van der Waals surface area contributed by atoms with Crippen molar-refractivity contribution < 1.29 is 4.79 Å². The normalized spacial score (nSPS) is 11.6. The van der Waals surface area contributed by atoms with Crippen LogP contribution < -0.4 is 0 Å². The van der Waals surface area contributed by atoms with E-state index in [1.54, 1.807) is 11.1 Å². The molecule has 0 N–H and O–H groups in total. The third-order valence-corrected chi connectivity index (χ3v) is 5.14. The van der Waals surface area contributed by atoms with Crippen molar-refractivity contribution in [3.8, 4) is 17.3 Å². The van der Waals surface area contributed by atoms with Crippen LogP contribution in [0.4, 0.5) is 0 Å². The Kier molecular flexibility index (Phi) is 6.04. The van der Waals surface area contributed by atoms with Crippen LogP contribution in [0.3, 0.4) is 0 Å². The number of hydrogen-bond donors (Lipinski definition) is 0. The second-order valence-electron chi connectivity index (χ2n) is 7.07. The quantitative estimate of drug-likeness (QED) is 0.630. The summed E-state index contributed by atoms with van der Waals surface area (Å²) in [5, 5.41) is 9.22. The fraction of sp³-hybridized carbons (Fsp3) is 0.250. The van der Waals surface area contributed by atoms with Gasteiger partial charge in [0.15, 0.2) is 0 Å². The number of hydrogen-bond acceptors (Lipinski definition) is 4. The van der Waals surface area contributed by atoms with Gasteiger partial charge in [0.25, 0.3) is 5.91 Å². The molecule has 2 heterocycles. The molecule has 1 atom stereocenters. The molecule has 0 aliphatic carbocycles. The lowest BCUT2D eigenvalue weighted by Gasteiger charge is -2.27. The number of rotatable bonds is 5. The molecule has 146 valence electrons. The van der Waals surface area contributed by atoms with Crippen molar-refractivity contribution >= 4 is 5.91 Å². The molecule has 3 aromatic rings. The highest BCUT2D eigenvalue weighted by Crippen LogP contribution is 2.25. The molecule has 0 saturated carbocycles. The number of benzene rings is 1. The number of pyridine rings is 2. The monoisotopic (exact) mass is 384 g/mol. The smallest absolute Gasteiger partial charge is 0.254 e. The SMILES string of the molecule is CC[C@H](c1ccccn1)N(C)C(=O)c1ccc(-c2cc(C)c(C#N)c(C)n2)cc1. The van der Waals surface area contributed by atoms with Gasteiger partial charge >= 0.3 is 0 Å². The molecule has 0 bridgehead atoms. The Morgan fingerprint density at radius 2 is 1.90 bits per heavy atom. The molecule has 1 amide bonds. The summed E-state index contributed by atoms with van der Waals surface area (Å²) in [5.74, 6) is -0.0470. The molecule has 5 heteroatoms. The van der Waals surface area contributed by atoms with Gasteiger partial charge in [-0.3, -0.25) is 14.8 Å². The van der Waals surface area contributed by atoms with Gasteiger partial charge in [-0.15, -0.1) is 0 Å². The van der Waals surface area contributed by atoms with E-state index in [0.717, 1.165) is 28.9 Å². The van der Waals surface area contributed by atoms with Gasteiger partial charge in [-0.2, -0.15) is 5.26 Å². The second kappa shape index (κ2) is 8.66. The minimum atomic E-state index is -0.0751. The minimum Gasteiger partial charge on any atom is -0.333 e. The van der Waals surface area contributed by atoms with E-state index < -0.39 is 0 Å². The highest BCUT2D eigenvalue weighted by molar-refractivity contribution is 5.94. The average Bonchev–Trinajstić information content (AvgIpc) is 2.74. The minimum absolute atomic E-state index is 0.0470. The molecule has 2 aromatic heterocycles. The van der Waals surface area contributed by atoms with Crippen LogP contribution in [0.15, 0.2) is 54.7 Å². The van der Waals surface area contributed by atoms with E-state index in [1.165, 1.54) is 0 Å². The first-order chi connectivity index (χ1) is 14.0. The molecule has 3 rings (SSSR count). The van der Waals surface area contributed by atoms with Crippen molar-refractivity contribution in [3.05, 3.63) is 82.8 Å². The topological polar surface area (TPSA) is 69.9 Å². The van der Waals surface area contributed by atoms with Crippen LogP contribution in [0, 0.1) is 25.2 Å². The van der Waals surface area contributed by atoms with Crippen LogP contribution in [-0.2, 0) is 0 Å². The summed E-state index contributed by atoms with van der Waals surface area (Å²) in [6.45, 7) is 5.80. The number of carbonyl (C=O) groups is 1. The van der Waals surface area contributed by atoms with Crippen molar-refractivity contribution in [3.63, 3.8) is 0 Å². The van der Waals surface area contributed by atoms with Crippen LogP contribution in [0.25, 0.3) is 11.3 Å². The standard InChI is InChI=1S/C24H24N4O/c1-5-23(21-8-6-7-13-26-21)28(4)24(29)19-11-9-18(10-12-19)22-14-16(2)20(15-25)17(3)27-22/h6-14,23H,5H2,1-4H3/t23-/m1/s1. The van der Waals surface area contributed by atoms with Crippen LogP contribution in [0.2, 0.25) is 0 Å². The van der Waals surface area contributed by atoms with Gasteiger partial charge in [-0.25, -0.2) is 0 Å². The van der Waals surface area contributed by atoms with Crippen LogP contribution in [-0.4, -0.2) is 27.8 Å². The maximum absolute atomic E-state index is 13.0. The third-order valence-electron chi connectivity index (χ3n) is 5.14. The molecule has 0 spiro atoms. The Morgan fingerprint density at radius 1 is 1.17 bits per heavy atom. The van der Waals surface area contributed by atoms with E-state index >= 15 is 0 Å². The molecule has 1 aromatic carbocycles. The Morgan fingerprint density at radius 3 is 2.45 bits per heavy atom. The predicted molar refractivity (Wildman–Crippen MR) is 113 cm³/mol. The van der Waals surface area contributed by atoms with Gasteiger partial charge in [0.05, 0.1) is 28.7 Å². The number of nitrogens with zero attached hydrogens (tertiary/aromatic N) is 4. The number of nitriles is 1. The lowest BCUT2D eigenvalue weighted by Crippen LogP contribution is -2.31. The highest BCUT2D eigenvalue weighted by atomic mass is 16.2. The van der Waals surface area contributed by atoms with Crippen LogP contribution in [0.1, 0.15) is 52.3 Å². The van der Waals surface area contributed by atoms with Crippen molar-refractivity contribution in [1.82, 2.24) is 14.9 Å². The van der Waals surface area contributed by atoms with Gasteiger partial charge in [-0.1, -0.05) is 25.1 Å². The van der Waals surface area contributed by atoms with Crippen molar-refractivity contribution in [2.75, 3.05) is 7.05 Å². The van der Waals surface area contributed by atoms with E-state index in [1.807, 2.05) is 76.3 Å². The zero-order chi connectivity index (χ0) is 21.0. The fourth-order valence-electron chi connectivity index (χ4n) is 3.53. The lowest BCUT2D eigenvalue weighted by molar-refractivity contribution is 0.0723. The third kappa shape index (κ3) is 4.17. The van der Waals surface area contributed by atoms with Crippen LogP contribution >= 0.6 is 0 Å². The summed E-state index contributed by atoms with van der Waals surface area (Å²) in [5.41, 5.74) is 5.44. The van der Waals surface area contributed by atoms with Crippen molar-refractivity contribution in [1.29, 1.82) is 5.26 Å². The molecular weight excluding hydrogens is 360 g/mol. The Balaban J connectivity index is 1.84. The predicted octanol–water partition coefficient (Wildman–Crippen LogP) is 4.86. The molecule has 0 fully saturated rings.